The van der Waals surface area contributed by atoms with Crippen molar-refractivity contribution in [1.29, 1.82) is 0 Å². The number of ketones is 1. The van der Waals surface area contributed by atoms with Crippen LogP contribution in [-0.4, -0.2) is 39.5 Å². The summed E-state index contributed by atoms with van der Waals surface area (Å²) in [6.45, 7) is 8.11. The molecule has 6 nitrogen and oxygen atoms in total. The number of hydrogen-bond donors (Lipinski definition) is 1. The number of rotatable bonds is 7. The van der Waals surface area contributed by atoms with Crippen LogP contribution in [0.5, 0.6) is 0 Å². The largest absolute Gasteiger partial charge is 0.346 e. The van der Waals surface area contributed by atoms with E-state index in [4.69, 9.17) is 0 Å². The summed E-state index contributed by atoms with van der Waals surface area (Å²) in [7, 11) is 0. The molecule has 0 bridgehead atoms. The molecule has 0 spiro atoms. The molecule has 0 radical (unpaired) electrons. The highest BCUT2D eigenvalue weighted by atomic mass is 32.1. The molecule has 3 heterocycles. The number of nitrogens with zero attached hydrogens (tertiary/aromatic N) is 3. The number of amides is 1. The predicted molar refractivity (Wildman–Crippen MR) is 97.9 cm³/mol. The molecule has 0 fully saturated rings. The molecule has 0 unspecified atom stereocenters. The average molecular weight is 360 g/mol. The zero-order valence-electron chi connectivity index (χ0n) is 14.7. The van der Waals surface area contributed by atoms with E-state index < -0.39 is 0 Å². The molecule has 1 aliphatic heterocycles. The number of unbranched alkanes of at least 4 members (excludes halogenated alkanes) is 1. The quantitative estimate of drug-likeness (QED) is 0.771. The number of carbonyl (C=O) groups is 2. The molecule has 0 saturated heterocycles. The van der Waals surface area contributed by atoms with Gasteiger partial charge in [0, 0.05) is 18.5 Å². The molecule has 3 rings (SSSR count). The van der Waals surface area contributed by atoms with Crippen molar-refractivity contribution < 1.29 is 9.59 Å². The van der Waals surface area contributed by atoms with Gasteiger partial charge in [-0.1, -0.05) is 13.3 Å². The molecule has 0 aliphatic carbocycles. The standard InChI is InChI=1S/C18H24N4O2S/c1-3-4-5-21-6-7-22-16(11-21)9-15(20-22)10-19-18(24)14-8-17(13(2)23)25-12-14/h8-9,12H,3-7,10-11H2,1-2H3,(H,19,24). The van der Waals surface area contributed by atoms with Gasteiger partial charge in [0.1, 0.15) is 0 Å². The minimum atomic E-state index is -0.167. The SMILES string of the molecule is CCCCN1CCn2nc(CNC(=O)c3csc(C(C)=O)c3)cc2C1. The maximum Gasteiger partial charge on any atom is 0.252 e. The molecule has 7 heteroatoms. The second-order valence-corrected chi connectivity index (χ2v) is 7.33. The summed E-state index contributed by atoms with van der Waals surface area (Å²) in [6, 6.07) is 3.72. The summed E-state index contributed by atoms with van der Waals surface area (Å²) in [5.41, 5.74) is 2.62. The van der Waals surface area contributed by atoms with E-state index in [1.54, 1.807) is 11.4 Å². The van der Waals surface area contributed by atoms with Crippen molar-refractivity contribution in [2.75, 3.05) is 13.1 Å². The Morgan fingerprint density at radius 3 is 2.88 bits per heavy atom. The van der Waals surface area contributed by atoms with Gasteiger partial charge in [0.05, 0.1) is 34.9 Å². The Morgan fingerprint density at radius 2 is 2.16 bits per heavy atom. The van der Waals surface area contributed by atoms with Crippen LogP contribution in [0.2, 0.25) is 0 Å². The third-order valence-corrected chi connectivity index (χ3v) is 5.43. The Balaban J connectivity index is 1.56. The molecule has 134 valence electrons. The average Bonchev–Trinajstić information content (AvgIpc) is 3.24. The maximum atomic E-state index is 12.2. The second-order valence-electron chi connectivity index (χ2n) is 6.42. The normalized spacial score (nSPS) is 14.3. The first-order valence-corrected chi connectivity index (χ1v) is 9.60. The lowest BCUT2D eigenvalue weighted by Gasteiger charge is -2.27. The maximum absolute atomic E-state index is 12.2. The van der Waals surface area contributed by atoms with Gasteiger partial charge in [-0.05, 0) is 32.0 Å². The van der Waals surface area contributed by atoms with Crippen LogP contribution in [0.25, 0.3) is 0 Å². The van der Waals surface area contributed by atoms with Gasteiger partial charge < -0.3 is 5.32 Å². The van der Waals surface area contributed by atoms with Crippen LogP contribution in [0, 0.1) is 0 Å². The van der Waals surface area contributed by atoms with E-state index in [1.807, 2.05) is 4.68 Å². The molecule has 0 atom stereocenters. The van der Waals surface area contributed by atoms with E-state index in [2.05, 4.69) is 28.3 Å². The van der Waals surface area contributed by atoms with Gasteiger partial charge in [-0.15, -0.1) is 11.3 Å². The van der Waals surface area contributed by atoms with Crippen LogP contribution >= 0.6 is 11.3 Å². The number of Topliss-reactive ketones (excluding diaryl/α,β-unsaturated/α-hetero) is 1. The predicted octanol–water partition coefficient (Wildman–Crippen LogP) is 2.69. The third-order valence-electron chi connectivity index (χ3n) is 4.39. The fourth-order valence-electron chi connectivity index (χ4n) is 2.95. The smallest absolute Gasteiger partial charge is 0.252 e. The number of thiophene rings is 1. The van der Waals surface area contributed by atoms with Crippen LogP contribution in [0.15, 0.2) is 17.5 Å². The summed E-state index contributed by atoms with van der Waals surface area (Å²) in [4.78, 5) is 26.6. The third kappa shape index (κ3) is 4.35. The zero-order chi connectivity index (χ0) is 17.8. The van der Waals surface area contributed by atoms with Crippen molar-refractivity contribution in [3.63, 3.8) is 0 Å². The van der Waals surface area contributed by atoms with Crippen molar-refractivity contribution >= 4 is 23.0 Å². The number of aromatic nitrogens is 2. The van der Waals surface area contributed by atoms with Gasteiger partial charge >= 0.3 is 0 Å². The van der Waals surface area contributed by atoms with Gasteiger partial charge in [-0.25, -0.2) is 0 Å². The first-order valence-electron chi connectivity index (χ1n) is 8.72. The van der Waals surface area contributed by atoms with Crippen molar-refractivity contribution in [3.8, 4) is 0 Å². The van der Waals surface area contributed by atoms with E-state index in [0.29, 0.717) is 17.0 Å². The van der Waals surface area contributed by atoms with E-state index in [0.717, 1.165) is 31.9 Å². The lowest BCUT2D eigenvalue weighted by Crippen LogP contribution is -2.34. The summed E-state index contributed by atoms with van der Waals surface area (Å²) < 4.78 is 2.04. The summed E-state index contributed by atoms with van der Waals surface area (Å²) in [5, 5.41) is 9.20. The molecular weight excluding hydrogens is 336 g/mol. The van der Waals surface area contributed by atoms with Crippen LogP contribution in [0.3, 0.4) is 0 Å². The minimum Gasteiger partial charge on any atom is -0.346 e. The Hall–Kier alpha value is -1.99. The monoisotopic (exact) mass is 360 g/mol. The first-order chi connectivity index (χ1) is 12.1. The zero-order valence-corrected chi connectivity index (χ0v) is 15.6. The number of carbonyl (C=O) groups excluding carboxylic acids is 2. The van der Waals surface area contributed by atoms with E-state index in [-0.39, 0.29) is 11.7 Å². The molecule has 2 aromatic rings. The number of nitrogens with one attached hydrogen (secondary N) is 1. The van der Waals surface area contributed by atoms with Gasteiger partial charge in [0.15, 0.2) is 5.78 Å². The van der Waals surface area contributed by atoms with Gasteiger partial charge in [0.25, 0.3) is 5.91 Å². The van der Waals surface area contributed by atoms with Crippen LogP contribution < -0.4 is 5.32 Å². The lowest BCUT2D eigenvalue weighted by molar-refractivity contribution is 0.0950. The minimum absolute atomic E-state index is 0.0153. The Morgan fingerprint density at radius 1 is 1.32 bits per heavy atom. The van der Waals surface area contributed by atoms with Crippen LogP contribution in [0.1, 0.15) is 58.1 Å². The topological polar surface area (TPSA) is 67.2 Å². The molecule has 0 saturated carbocycles. The summed E-state index contributed by atoms with van der Waals surface area (Å²) >= 11 is 1.30. The summed E-state index contributed by atoms with van der Waals surface area (Å²) in [5.74, 6) is -0.183. The molecule has 2 aromatic heterocycles. The van der Waals surface area contributed by atoms with Crippen molar-refractivity contribution in [1.82, 2.24) is 20.0 Å². The molecule has 1 N–H and O–H groups in total. The highest BCUT2D eigenvalue weighted by Gasteiger charge is 2.18. The van der Waals surface area contributed by atoms with Crippen molar-refractivity contribution in [2.45, 2.75) is 46.3 Å². The molecule has 0 aromatic carbocycles. The van der Waals surface area contributed by atoms with Crippen LogP contribution in [-0.2, 0) is 19.6 Å². The Kier molecular flexibility index (Phi) is 5.65. The molecule has 1 aliphatic rings. The van der Waals surface area contributed by atoms with Crippen LogP contribution in [0.4, 0.5) is 0 Å². The van der Waals surface area contributed by atoms with Crippen molar-refractivity contribution in [3.05, 3.63) is 39.3 Å². The Labute approximate surface area is 151 Å². The van der Waals surface area contributed by atoms with Crippen molar-refractivity contribution in [2.24, 2.45) is 0 Å². The van der Waals surface area contributed by atoms with E-state index in [9.17, 15) is 9.59 Å². The fraction of sp³-hybridized carbons (Fsp3) is 0.500. The molecule has 25 heavy (non-hydrogen) atoms. The van der Waals surface area contributed by atoms with E-state index >= 15 is 0 Å². The molecular formula is C18H24N4O2S. The Bertz CT molecular complexity index is 765. The highest BCUT2D eigenvalue weighted by molar-refractivity contribution is 7.12. The molecule has 1 amide bonds. The van der Waals surface area contributed by atoms with Gasteiger partial charge in [-0.3, -0.25) is 19.2 Å². The second kappa shape index (κ2) is 7.93. The first kappa shape index (κ1) is 17.8. The van der Waals surface area contributed by atoms with Gasteiger partial charge in [0.2, 0.25) is 0 Å². The number of fused-ring (bicyclic) bond motifs is 1. The lowest BCUT2D eigenvalue weighted by atomic mass is 10.2. The van der Waals surface area contributed by atoms with E-state index in [1.165, 1.54) is 36.8 Å². The number of hydrogen-bond acceptors (Lipinski definition) is 5. The summed E-state index contributed by atoms with van der Waals surface area (Å²) in [6.07, 6.45) is 2.43. The fourth-order valence-corrected chi connectivity index (χ4v) is 3.74. The highest BCUT2D eigenvalue weighted by Crippen LogP contribution is 2.16. The van der Waals surface area contributed by atoms with Gasteiger partial charge in [-0.2, -0.15) is 5.10 Å².